The molecule has 0 aromatic rings. The molecule has 0 spiro atoms. The molecule has 0 bridgehead atoms. The van der Waals surface area contributed by atoms with Crippen LogP contribution in [0.1, 0.15) is 90.4 Å². The summed E-state index contributed by atoms with van der Waals surface area (Å²) in [5.41, 5.74) is 0. The van der Waals surface area contributed by atoms with E-state index in [0.29, 0.717) is 0 Å². The van der Waals surface area contributed by atoms with Gasteiger partial charge in [-0.25, -0.2) is 4.84 Å². The van der Waals surface area contributed by atoms with Crippen molar-refractivity contribution in [3.63, 3.8) is 0 Å². The van der Waals surface area contributed by atoms with E-state index in [2.05, 4.69) is 30.6 Å². The summed E-state index contributed by atoms with van der Waals surface area (Å²) in [6.07, 6.45) is 14.5. The fourth-order valence-corrected chi connectivity index (χ4v) is 2.77. The van der Waals surface area contributed by atoms with E-state index in [1.807, 2.05) is 0 Å². The zero-order chi connectivity index (χ0) is 19.6. The smallest absolute Gasteiger partial charge is 0.254 e. The summed E-state index contributed by atoms with van der Waals surface area (Å²) in [6, 6.07) is 0. The van der Waals surface area contributed by atoms with Gasteiger partial charge in [0.15, 0.2) is 6.79 Å². The van der Waals surface area contributed by atoms with E-state index in [-0.39, 0.29) is 38.1 Å². The Kier molecular flexibility index (Phi) is 14.1. The van der Waals surface area contributed by atoms with Crippen molar-refractivity contribution in [3.05, 3.63) is 0 Å². The molecule has 0 saturated carbocycles. The number of carbonyl (C=O) groups is 2. The average Bonchev–Trinajstić information content (AvgIpc) is 2.99. The van der Waals surface area contributed by atoms with E-state index in [9.17, 15) is 9.59 Å². The van der Waals surface area contributed by atoms with Gasteiger partial charge in [0.1, 0.15) is 6.61 Å². The van der Waals surface area contributed by atoms with Gasteiger partial charge in [-0.2, -0.15) is 5.06 Å². The lowest BCUT2D eigenvalue weighted by atomic mass is 10.1. The summed E-state index contributed by atoms with van der Waals surface area (Å²) in [7, 11) is 0. The lowest BCUT2D eigenvalue weighted by molar-refractivity contribution is -0.215. The minimum atomic E-state index is -0.326. The number of rotatable bonds is 14. The third kappa shape index (κ3) is 12.2. The zero-order valence-corrected chi connectivity index (χ0v) is 16.7. The van der Waals surface area contributed by atoms with E-state index in [4.69, 9.17) is 9.57 Å². The minimum Gasteiger partial charge on any atom is -0.340 e. The van der Waals surface area contributed by atoms with Crippen molar-refractivity contribution in [1.82, 2.24) is 5.06 Å². The molecule has 0 atom stereocenters. The van der Waals surface area contributed by atoms with Crippen molar-refractivity contribution in [1.29, 1.82) is 0 Å². The molecule has 1 rings (SSSR count). The molecule has 1 fully saturated rings. The molecule has 27 heavy (non-hydrogen) atoms. The number of nitrogens with zero attached hydrogens (tertiary/aromatic N) is 1. The van der Waals surface area contributed by atoms with Crippen LogP contribution in [0.2, 0.25) is 0 Å². The highest BCUT2D eigenvalue weighted by Crippen LogP contribution is 2.12. The fraction of sp³-hybridized carbons (Fsp3) is 0.727. The summed E-state index contributed by atoms with van der Waals surface area (Å²) >= 11 is 0. The maximum absolute atomic E-state index is 11.3. The van der Waals surface area contributed by atoms with Crippen LogP contribution in [-0.4, -0.2) is 30.3 Å². The van der Waals surface area contributed by atoms with Gasteiger partial charge >= 0.3 is 0 Å². The van der Waals surface area contributed by atoms with E-state index in [1.165, 1.54) is 57.8 Å². The molecule has 0 aromatic carbocycles. The maximum atomic E-state index is 11.3. The monoisotopic (exact) mass is 375 g/mol. The van der Waals surface area contributed by atoms with Gasteiger partial charge in [-0.1, -0.05) is 76.6 Å². The molecule has 1 aliphatic heterocycles. The molecule has 0 unspecified atom stereocenters. The second-order valence-corrected chi connectivity index (χ2v) is 6.71. The van der Waals surface area contributed by atoms with Gasteiger partial charge in [-0.15, -0.1) is 0 Å². The molecule has 0 N–H and O–H groups in total. The Morgan fingerprint density at radius 1 is 0.815 bits per heavy atom. The van der Waals surface area contributed by atoms with Gasteiger partial charge in [0.25, 0.3) is 11.8 Å². The third-order valence-electron chi connectivity index (χ3n) is 4.34. The summed E-state index contributed by atoms with van der Waals surface area (Å²) in [4.78, 5) is 27.5. The summed E-state index contributed by atoms with van der Waals surface area (Å²) in [5.74, 6) is 10.7. The molecular weight excluding hydrogens is 342 g/mol. The molecule has 5 nitrogen and oxygen atoms in total. The largest absolute Gasteiger partial charge is 0.340 e. The lowest BCUT2D eigenvalue weighted by Crippen LogP contribution is -2.30. The first-order valence-corrected chi connectivity index (χ1v) is 10.3. The predicted molar refractivity (Wildman–Crippen MR) is 105 cm³/mol. The number of ether oxygens (including phenoxy) is 1. The molecule has 0 aromatic heterocycles. The van der Waals surface area contributed by atoms with Crippen molar-refractivity contribution in [2.75, 3.05) is 13.4 Å². The van der Waals surface area contributed by atoms with Crippen molar-refractivity contribution < 1.29 is 19.2 Å². The van der Waals surface area contributed by atoms with Crippen LogP contribution in [0.3, 0.4) is 0 Å². The highest BCUT2D eigenvalue weighted by atomic mass is 16.8. The second-order valence-electron chi connectivity index (χ2n) is 6.71. The Hall–Kier alpha value is -1.82. The number of hydrogen-bond acceptors (Lipinski definition) is 4. The first-order chi connectivity index (χ1) is 13.3. The molecule has 150 valence electrons. The molecule has 1 aliphatic rings. The van der Waals surface area contributed by atoms with Crippen LogP contribution in [0, 0.1) is 23.7 Å². The topological polar surface area (TPSA) is 55.8 Å². The Labute approximate surface area is 164 Å². The molecule has 1 saturated heterocycles. The highest BCUT2D eigenvalue weighted by Gasteiger charge is 2.30. The summed E-state index contributed by atoms with van der Waals surface area (Å²) in [5, 5.41) is 0.764. The lowest BCUT2D eigenvalue weighted by Gasteiger charge is -2.11. The van der Waals surface area contributed by atoms with Gasteiger partial charge in [0, 0.05) is 19.3 Å². The normalized spacial score (nSPS) is 13.3. The van der Waals surface area contributed by atoms with Crippen molar-refractivity contribution >= 4 is 11.8 Å². The number of carbonyl (C=O) groups excluding carboxylic acids is 2. The van der Waals surface area contributed by atoms with Crippen LogP contribution in [0.5, 0.6) is 0 Å². The maximum Gasteiger partial charge on any atom is 0.254 e. The Bertz CT molecular complexity index is 534. The highest BCUT2D eigenvalue weighted by molar-refractivity contribution is 6.00. The fourth-order valence-electron chi connectivity index (χ4n) is 2.77. The predicted octanol–water partition coefficient (Wildman–Crippen LogP) is 4.36. The van der Waals surface area contributed by atoms with Crippen LogP contribution in [-0.2, 0) is 19.2 Å². The Morgan fingerprint density at radius 2 is 1.37 bits per heavy atom. The molecule has 2 amide bonds. The van der Waals surface area contributed by atoms with Gasteiger partial charge in [0.05, 0.1) is 0 Å². The quantitative estimate of drug-likeness (QED) is 0.196. The van der Waals surface area contributed by atoms with Crippen LogP contribution in [0.4, 0.5) is 0 Å². The standard InChI is InChI=1S/C22H33NO4/c1-2-3-4-5-6-7-8-9-10-11-12-13-14-15-16-19-26-20-27-23-21(24)17-18-22(23)25/h2-12,17-20H2,1H3. The molecule has 0 radical (unpaired) electrons. The first kappa shape index (κ1) is 23.2. The van der Waals surface area contributed by atoms with Crippen molar-refractivity contribution in [3.8, 4) is 23.7 Å². The molecular formula is C22H33NO4. The summed E-state index contributed by atoms with van der Waals surface area (Å²) < 4.78 is 5.10. The third-order valence-corrected chi connectivity index (χ3v) is 4.34. The number of unbranched alkanes of at least 4 members (excludes halogenated alkanes) is 10. The zero-order valence-electron chi connectivity index (χ0n) is 16.7. The van der Waals surface area contributed by atoms with E-state index < -0.39 is 0 Å². The summed E-state index contributed by atoms with van der Waals surface area (Å²) in [6.45, 7) is 2.24. The van der Waals surface area contributed by atoms with Gasteiger partial charge in [-0.3, -0.25) is 9.59 Å². The van der Waals surface area contributed by atoms with E-state index in [0.717, 1.165) is 17.9 Å². The number of imide groups is 1. The molecule has 1 heterocycles. The van der Waals surface area contributed by atoms with Crippen molar-refractivity contribution in [2.45, 2.75) is 90.4 Å². The van der Waals surface area contributed by atoms with E-state index >= 15 is 0 Å². The Balaban J connectivity index is 1.87. The van der Waals surface area contributed by atoms with Crippen LogP contribution >= 0.6 is 0 Å². The molecule has 0 aliphatic carbocycles. The minimum absolute atomic E-state index is 0.156. The van der Waals surface area contributed by atoms with Gasteiger partial charge in [0.2, 0.25) is 0 Å². The number of hydroxylamine groups is 2. The van der Waals surface area contributed by atoms with Crippen LogP contribution in [0.15, 0.2) is 0 Å². The van der Waals surface area contributed by atoms with Gasteiger partial charge < -0.3 is 4.74 Å². The van der Waals surface area contributed by atoms with Gasteiger partial charge in [-0.05, 0) is 18.3 Å². The molecule has 5 heteroatoms. The number of amides is 2. The van der Waals surface area contributed by atoms with Crippen molar-refractivity contribution in [2.24, 2.45) is 0 Å². The first-order valence-electron chi connectivity index (χ1n) is 10.3. The second kappa shape index (κ2) is 16.4. The Morgan fingerprint density at radius 3 is 2.00 bits per heavy atom. The number of hydrogen-bond donors (Lipinski definition) is 0. The average molecular weight is 376 g/mol. The van der Waals surface area contributed by atoms with Crippen LogP contribution in [0.25, 0.3) is 0 Å². The van der Waals surface area contributed by atoms with E-state index in [1.54, 1.807) is 0 Å². The van der Waals surface area contributed by atoms with Crippen LogP contribution < -0.4 is 0 Å². The SMILES string of the molecule is CCCCCCCCCCCCC#CC#CCOCON1C(=O)CCC1=O.